The highest BCUT2D eigenvalue weighted by Crippen LogP contribution is 2.26. The number of aryl methyl sites for hydroxylation is 1. The van der Waals surface area contributed by atoms with Crippen LogP contribution in [-0.2, 0) is 4.79 Å². The van der Waals surface area contributed by atoms with Gasteiger partial charge in [0, 0.05) is 0 Å². The van der Waals surface area contributed by atoms with Crippen molar-refractivity contribution in [1.82, 2.24) is 0 Å². The standard InChI is InChI=1S/C12H15Cl2NO/c1-7(2)10(14)12(16)15-11-8(3)5-4-6-9(11)13/h4-7,10H,1-3H3,(H,15,16). The third kappa shape index (κ3) is 3.13. The van der Waals surface area contributed by atoms with Crippen LogP contribution in [0.3, 0.4) is 0 Å². The molecule has 0 saturated carbocycles. The summed E-state index contributed by atoms with van der Waals surface area (Å²) in [6.45, 7) is 5.69. The van der Waals surface area contributed by atoms with Crippen LogP contribution in [0.5, 0.6) is 0 Å². The summed E-state index contributed by atoms with van der Waals surface area (Å²) in [5, 5.41) is 2.74. The molecule has 0 heterocycles. The fourth-order valence-corrected chi connectivity index (χ4v) is 1.61. The van der Waals surface area contributed by atoms with Gasteiger partial charge in [0.15, 0.2) is 0 Å². The van der Waals surface area contributed by atoms with Gasteiger partial charge in [-0.1, -0.05) is 37.6 Å². The molecule has 0 fully saturated rings. The van der Waals surface area contributed by atoms with Crippen molar-refractivity contribution < 1.29 is 4.79 Å². The molecule has 1 atom stereocenters. The predicted molar refractivity (Wildman–Crippen MR) is 69.3 cm³/mol. The van der Waals surface area contributed by atoms with E-state index in [-0.39, 0.29) is 11.8 Å². The second kappa shape index (κ2) is 5.55. The van der Waals surface area contributed by atoms with Gasteiger partial charge in [-0.15, -0.1) is 11.6 Å². The summed E-state index contributed by atoms with van der Waals surface area (Å²) in [7, 11) is 0. The van der Waals surface area contributed by atoms with Crippen LogP contribution in [0, 0.1) is 12.8 Å². The molecule has 0 spiro atoms. The number of alkyl halides is 1. The average Bonchev–Trinajstić information content (AvgIpc) is 2.22. The lowest BCUT2D eigenvalue weighted by Crippen LogP contribution is -2.27. The minimum Gasteiger partial charge on any atom is -0.323 e. The summed E-state index contributed by atoms with van der Waals surface area (Å²) in [5.41, 5.74) is 1.56. The average molecular weight is 260 g/mol. The number of hydrogen-bond donors (Lipinski definition) is 1. The molecule has 4 heteroatoms. The van der Waals surface area contributed by atoms with E-state index in [4.69, 9.17) is 23.2 Å². The highest BCUT2D eigenvalue weighted by atomic mass is 35.5. The van der Waals surface area contributed by atoms with Crippen LogP contribution >= 0.6 is 23.2 Å². The van der Waals surface area contributed by atoms with E-state index in [0.29, 0.717) is 10.7 Å². The van der Waals surface area contributed by atoms with Crippen LogP contribution in [0.25, 0.3) is 0 Å². The monoisotopic (exact) mass is 259 g/mol. The number of carbonyl (C=O) groups is 1. The summed E-state index contributed by atoms with van der Waals surface area (Å²) in [5.74, 6) is -0.127. The fourth-order valence-electron chi connectivity index (χ4n) is 1.29. The minimum absolute atomic E-state index is 0.0875. The molecule has 1 amide bonds. The van der Waals surface area contributed by atoms with E-state index in [2.05, 4.69) is 5.32 Å². The molecule has 0 aliphatic carbocycles. The van der Waals surface area contributed by atoms with Crippen molar-refractivity contribution in [2.75, 3.05) is 5.32 Å². The molecule has 0 bridgehead atoms. The summed E-state index contributed by atoms with van der Waals surface area (Å²) >= 11 is 12.0. The topological polar surface area (TPSA) is 29.1 Å². The van der Waals surface area contributed by atoms with E-state index in [1.165, 1.54) is 0 Å². The molecule has 1 unspecified atom stereocenters. The van der Waals surface area contributed by atoms with Crippen LogP contribution in [0.15, 0.2) is 18.2 Å². The summed E-state index contributed by atoms with van der Waals surface area (Å²) in [6, 6.07) is 5.47. The van der Waals surface area contributed by atoms with Gasteiger partial charge < -0.3 is 5.32 Å². The maximum atomic E-state index is 11.8. The Hall–Kier alpha value is -0.730. The molecule has 1 aromatic rings. The molecule has 2 nitrogen and oxygen atoms in total. The molecule has 1 N–H and O–H groups in total. The second-order valence-electron chi connectivity index (χ2n) is 4.07. The molecule has 0 saturated heterocycles. The summed E-state index contributed by atoms with van der Waals surface area (Å²) in [6.07, 6.45) is 0. The first-order chi connectivity index (χ1) is 7.43. The van der Waals surface area contributed by atoms with Crippen LogP contribution < -0.4 is 5.32 Å². The Labute approximate surface area is 106 Å². The van der Waals surface area contributed by atoms with Gasteiger partial charge in [-0.25, -0.2) is 0 Å². The number of anilines is 1. The number of para-hydroxylation sites is 1. The van der Waals surface area contributed by atoms with Crippen molar-refractivity contribution in [3.63, 3.8) is 0 Å². The van der Waals surface area contributed by atoms with E-state index in [9.17, 15) is 4.79 Å². The molecule has 0 aliphatic heterocycles. The van der Waals surface area contributed by atoms with E-state index < -0.39 is 5.38 Å². The lowest BCUT2D eigenvalue weighted by atomic mass is 10.1. The Kier molecular flexibility index (Phi) is 4.63. The van der Waals surface area contributed by atoms with Crippen molar-refractivity contribution in [2.24, 2.45) is 5.92 Å². The fraction of sp³-hybridized carbons (Fsp3) is 0.417. The van der Waals surface area contributed by atoms with Crippen LogP contribution in [0.1, 0.15) is 19.4 Å². The summed E-state index contributed by atoms with van der Waals surface area (Å²) < 4.78 is 0. The molecule has 1 rings (SSSR count). The molecule has 0 radical (unpaired) electrons. The maximum Gasteiger partial charge on any atom is 0.242 e. The van der Waals surface area contributed by atoms with E-state index in [0.717, 1.165) is 5.56 Å². The van der Waals surface area contributed by atoms with Gasteiger partial charge in [-0.2, -0.15) is 0 Å². The molecule has 1 aromatic carbocycles. The van der Waals surface area contributed by atoms with Crippen LogP contribution in [-0.4, -0.2) is 11.3 Å². The van der Waals surface area contributed by atoms with Crippen molar-refractivity contribution in [3.05, 3.63) is 28.8 Å². The Morgan fingerprint density at radius 1 is 1.38 bits per heavy atom. The molecular weight excluding hydrogens is 245 g/mol. The predicted octanol–water partition coefficient (Wildman–Crippen LogP) is 3.85. The number of benzene rings is 1. The zero-order valence-corrected chi connectivity index (χ0v) is 11.1. The van der Waals surface area contributed by atoms with E-state index in [1.54, 1.807) is 6.07 Å². The van der Waals surface area contributed by atoms with Gasteiger partial charge in [-0.3, -0.25) is 4.79 Å². The number of hydrogen-bond acceptors (Lipinski definition) is 1. The van der Waals surface area contributed by atoms with Crippen molar-refractivity contribution in [2.45, 2.75) is 26.1 Å². The normalized spacial score (nSPS) is 12.6. The van der Waals surface area contributed by atoms with E-state index >= 15 is 0 Å². The van der Waals surface area contributed by atoms with Gasteiger partial charge in [0.2, 0.25) is 5.91 Å². The SMILES string of the molecule is Cc1cccc(Cl)c1NC(=O)C(Cl)C(C)C. The molecular formula is C12H15Cl2NO. The van der Waals surface area contributed by atoms with Crippen molar-refractivity contribution in [1.29, 1.82) is 0 Å². The maximum absolute atomic E-state index is 11.8. The molecule has 0 aromatic heterocycles. The van der Waals surface area contributed by atoms with Crippen molar-refractivity contribution >= 4 is 34.8 Å². The first-order valence-electron chi connectivity index (χ1n) is 5.13. The highest BCUT2D eigenvalue weighted by molar-refractivity contribution is 6.36. The molecule has 0 aliphatic rings. The zero-order valence-electron chi connectivity index (χ0n) is 9.55. The second-order valence-corrected chi connectivity index (χ2v) is 4.94. The number of nitrogens with one attached hydrogen (secondary N) is 1. The van der Waals surface area contributed by atoms with Crippen molar-refractivity contribution in [3.8, 4) is 0 Å². The largest absolute Gasteiger partial charge is 0.323 e. The Morgan fingerprint density at radius 2 is 2.00 bits per heavy atom. The van der Waals surface area contributed by atoms with Gasteiger partial charge in [-0.05, 0) is 24.5 Å². The van der Waals surface area contributed by atoms with Crippen LogP contribution in [0.2, 0.25) is 5.02 Å². The Bertz CT molecular complexity index is 370. The van der Waals surface area contributed by atoms with E-state index in [1.807, 2.05) is 32.9 Å². The zero-order chi connectivity index (χ0) is 12.3. The molecule has 88 valence electrons. The Balaban J connectivity index is 2.85. The summed E-state index contributed by atoms with van der Waals surface area (Å²) in [4.78, 5) is 11.8. The smallest absolute Gasteiger partial charge is 0.242 e. The first kappa shape index (κ1) is 13.3. The number of rotatable bonds is 3. The lowest BCUT2D eigenvalue weighted by molar-refractivity contribution is -0.116. The van der Waals surface area contributed by atoms with Gasteiger partial charge in [0.1, 0.15) is 5.38 Å². The quantitative estimate of drug-likeness (QED) is 0.821. The third-order valence-electron chi connectivity index (χ3n) is 2.31. The minimum atomic E-state index is -0.546. The third-order valence-corrected chi connectivity index (χ3v) is 3.32. The van der Waals surface area contributed by atoms with Gasteiger partial charge in [0.25, 0.3) is 0 Å². The number of amides is 1. The molecule has 16 heavy (non-hydrogen) atoms. The number of halogens is 2. The van der Waals surface area contributed by atoms with Gasteiger partial charge >= 0.3 is 0 Å². The van der Waals surface area contributed by atoms with Gasteiger partial charge in [0.05, 0.1) is 10.7 Å². The van der Waals surface area contributed by atoms with Crippen LogP contribution in [0.4, 0.5) is 5.69 Å². The Morgan fingerprint density at radius 3 is 2.50 bits per heavy atom. The number of carbonyl (C=O) groups excluding carboxylic acids is 1. The highest BCUT2D eigenvalue weighted by Gasteiger charge is 2.20. The first-order valence-corrected chi connectivity index (χ1v) is 5.95. The lowest BCUT2D eigenvalue weighted by Gasteiger charge is -2.15.